The number of rotatable bonds is 3. The summed E-state index contributed by atoms with van der Waals surface area (Å²) in [6, 6.07) is 7.85. The van der Waals surface area contributed by atoms with Crippen molar-refractivity contribution in [2.24, 2.45) is 5.92 Å². The lowest BCUT2D eigenvalue weighted by Gasteiger charge is -2.46. The van der Waals surface area contributed by atoms with Crippen LogP contribution < -0.4 is 10.6 Å². The van der Waals surface area contributed by atoms with Crippen molar-refractivity contribution in [2.45, 2.75) is 32.4 Å². The number of hydrogen-bond donors (Lipinski definition) is 2. The quantitative estimate of drug-likeness (QED) is 0.866. The molecule has 4 amide bonds. The van der Waals surface area contributed by atoms with Gasteiger partial charge in [-0.1, -0.05) is 38.5 Å². The minimum Gasteiger partial charge on any atom is -0.342 e. The molecule has 3 atom stereocenters. The number of fused-ring (bicyclic) bond motifs is 1. The highest BCUT2D eigenvalue weighted by Crippen LogP contribution is 2.21. The molecule has 0 unspecified atom stereocenters. The number of nitrogens with one attached hydrogen (secondary N) is 2. The van der Waals surface area contributed by atoms with Crippen molar-refractivity contribution < 1.29 is 14.4 Å². The molecule has 0 radical (unpaired) electrons. The Balaban J connectivity index is 1.66. The van der Waals surface area contributed by atoms with Crippen molar-refractivity contribution in [3.8, 4) is 0 Å². The fraction of sp³-hybridized carbons (Fsp3) is 0.500. The molecule has 2 aliphatic rings. The molecular formula is C18H24N4O3. The fourth-order valence-electron chi connectivity index (χ4n) is 3.29. The van der Waals surface area contributed by atoms with Crippen LogP contribution in [0.4, 0.5) is 10.5 Å². The van der Waals surface area contributed by atoms with Crippen LogP contribution in [0.2, 0.25) is 0 Å². The third-order valence-electron chi connectivity index (χ3n) is 5.06. The molecule has 0 bridgehead atoms. The molecule has 7 nitrogen and oxygen atoms in total. The Morgan fingerprint density at radius 2 is 2.00 bits per heavy atom. The maximum absolute atomic E-state index is 12.7. The largest absolute Gasteiger partial charge is 0.342 e. The normalized spacial score (nSPS) is 24.4. The molecule has 0 aromatic heterocycles. The topological polar surface area (TPSA) is 81.8 Å². The summed E-state index contributed by atoms with van der Waals surface area (Å²) in [6.45, 7) is 4.98. The summed E-state index contributed by atoms with van der Waals surface area (Å²) in [4.78, 5) is 40.8. The summed E-state index contributed by atoms with van der Waals surface area (Å²) in [5.41, 5.74) is 0.705. The van der Waals surface area contributed by atoms with Gasteiger partial charge in [-0.25, -0.2) is 4.79 Å². The molecule has 1 aromatic rings. The molecule has 0 spiro atoms. The summed E-state index contributed by atoms with van der Waals surface area (Å²) in [5.74, 6) is -0.124. The molecule has 0 aliphatic carbocycles. The molecule has 2 heterocycles. The molecule has 134 valence electrons. The van der Waals surface area contributed by atoms with Gasteiger partial charge in [0.25, 0.3) is 0 Å². The van der Waals surface area contributed by atoms with Crippen LogP contribution in [0, 0.1) is 5.92 Å². The first-order valence-electron chi connectivity index (χ1n) is 8.73. The van der Waals surface area contributed by atoms with E-state index in [1.54, 1.807) is 9.80 Å². The fourth-order valence-corrected chi connectivity index (χ4v) is 3.29. The highest BCUT2D eigenvalue weighted by Gasteiger charge is 2.45. The smallest absolute Gasteiger partial charge is 0.321 e. The Bertz CT molecular complexity index is 664. The Hall–Kier alpha value is -2.57. The zero-order chi connectivity index (χ0) is 18.0. The van der Waals surface area contributed by atoms with Crippen LogP contribution in [0.15, 0.2) is 30.3 Å². The van der Waals surface area contributed by atoms with Crippen molar-refractivity contribution in [2.75, 3.05) is 25.0 Å². The van der Waals surface area contributed by atoms with E-state index in [-0.39, 0.29) is 30.3 Å². The number of urea groups is 1. The number of nitrogens with zero attached hydrogens (tertiary/aromatic N) is 2. The van der Waals surface area contributed by atoms with Crippen LogP contribution in [0.3, 0.4) is 0 Å². The van der Waals surface area contributed by atoms with Crippen LogP contribution in [0.25, 0.3) is 0 Å². The predicted octanol–water partition coefficient (Wildman–Crippen LogP) is 1.28. The van der Waals surface area contributed by atoms with Gasteiger partial charge in [0, 0.05) is 18.8 Å². The monoisotopic (exact) mass is 344 g/mol. The average Bonchev–Trinajstić information content (AvgIpc) is 2.64. The lowest BCUT2D eigenvalue weighted by Crippen LogP contribution is -2.70. The predicted molar refractivity (Wildman–Crippen MR) is 93.9 cm³/mol. The second kappa shape index (κ2) is 7.13. The summed E-state index contributed by atoms with van der Waals surface area (Å²) >= 11 is 0. The van der Waals surface area contributed by atoms with E-state index in [0.29, 0.717) is 18.8 Å². The number of para-hydroxylation sites is 1. The van der Waals surface area contributed by atoms with Crippen molar-refractivity contribution >= 4 is 23.5 Å². The average molecular weight is 344 g/mol. The van der Waals surface area contributed by atoms with E-state index in [1.807, 2.05) is 44.2 Å². The van der Waals surface area contributed by atoms with E-state index in [4.69, 9.17) is 0 Å². The Labute approximate surface area is 147 Å². The molecular weight excluding hydrogens is 320 g/mol. The Morgan fingerprint density at radius 1 is 1.28 bits per heavy atom. The van der Waals surface area contributed by atoms with E-state index < -0.39 is 12.1 Å². The van der Waals surface area contributed by atoms with Crippen LogP contribution in [0.1, 0.15) is 20.3 Å². The molecule has 3 rings (SSSR count). The minimum absolute atomic E-state index is 0.0398. The van der Waals surface area contributed by atoms with Crippen LogP contribution >= 0.6 is 0 Å². The highest BCUT2D eigenvalue weighted by atomic mass is 16.2. The first-order valence-corrected chi connectivity index (χ1v) is 8.73. The second-order valence-electron chi connectivity index (χ2n) is 6.66. The molecule has 0 saturated carbocycles. The molecule has 2 N–H and O–H groups in total. The first kappa shape index (κ1) is 17.3. The van der Waals surface area contributed by atoms with E-state index in [1.165, 1.54) is 0 Å². The van der Waals surface area contributed by atoms with Crippen molar-refractivity contribution in [3.05, 3.63) is 30.3 Å². The Kier molecular flexibility index (Phi) is 4.92. The summed E-state index contributed by atoms with van der Waals surface area (Å²) < 4.78 is 0. The van der Waals surface area contributed by atoms with Crippen molar-refractivity contribution in [3.63, 3.8) is 0 Å². The zero-order valence-electron chi connectivity index (χ0n) is 14.6. The van der Waals surface area contributed by atoms with Crippen molar-refractivity contribution in [1.29, 1.82) is 0 Å². The van der Waals surface area contributed by atoms with E-state index in [0.717, 1.165) is 6.42 Å². The number of carbonyl (C=O) groups is 3. The lowest BCUT2D eigenvalue weighted by atomic mass is 9.93. The SMILES string of the molecule is CC[C@H](C)[C@@H]1NC(=O)[C@H]2CN(C(=O)Nc3ccccc3)CCN2C1=O. The van der Waals surface area contributed by atoms with Gasteiger partial charge in [0.2, 0.25) is 11.8 Å². The molecule has 2 saturated heterocycles. The number of anilines is 1. The summed E-state index contributed by atoms with van der Waals surface area (Å²) in [5, 5.41) is 5.66. The summed E-state index contributed by atoms with van der Waals surface area (Å²) in [7, 11) is 0. The molecule has 1 aromatic carbocycles. The molecule has 7 heteroatoms. The molecule has 25 heavy (non-hydrogen) atoms. The van der Waals surface area contributed by atoms with Gasteiger partial charge in [-0.15, -0.1) is 0 Å². The van der Waals surface area contributed by atoms with E-state index >= 15 is 0 Å². The number of hydrogen-bond acceptors (Lipinski definition) is 3. The van der Waals surface area contributed by atoms with Gasteiger partial charge in [-0.2, -0.15) is 0 Å². The maximum atomic E-state index is 12.7. The zero-order valence-corrected chi connectivity index (χ0v) is 14.6. The summed E-state index contributed by atoms with van der Waals surface area (Å²) in [6.07, 6.45) is 0.820. The minimum atomic E-state index is -0.608. The van der Waals surface area contributed by atoms with Gasteiger partial charge >= 0.3 is 6.03 Å². The van der Waals surface area contributed by atoms with E-state index in [2.05, 4.69) is 10.6 Å². The van der Waals surface area contributed by atoms with Gasteiger partial charge in [0.15, 0.2) is 0 Å². The highest BCUT2D eigenvalue weighted by molar-refractivity contribution is 5.98. The third-order valence-corrected chi connectivity index (χ3v) is 5.06. The molecule has 2 aliphatic heterocycles. The van der Waals surface area contributed by atoms with Gasteiger partial charge in [0.1, 0.15) is 12.1 Å². The van der Waals surface area contributed by atoms with Gasteiger partial charge in [-0.05, 0) is 18.1 Å². The van der Waals surface area contributed by atoms with Crippen LogP contribution in [-0.2, 0) is 9.59 Å². The van der Waals surface area contributed by atoms with Gasteiger partial charge < -0.3 is 20.4 Å². The first-order chi connectivity index (χ1) is 12.0. The maximum Gasteiger partial charge on any atom is 0.321 e. The van der Waals surface area contributed by atoms with E-state index in [9.17, 15) is 14.4 Å². The number of piperazine rings is 2. The van der Waals surface area contributed by atoms with Crippen molar-refractivity contribution in [1.82, 2.24) is 15.1 Å². The number of amides is 4. The number of benzene rings is 1. The number of carbonyl (C=O) groups excluding carboxylic acids is 3. The van der Waals surface area contributed by atoms with Crippen LogP contribution in [0.5, 0.6) is 0 Å². The van der Waals surface area contributed by atoms with Gasteiger partial charge in [-0.3, -0.25) is 9.59 Å². The van der Waals surface area contributed by atoms with Crippen LogP contribution in [-0.4, -0.2) is 59.4 Å². The molecule has 2 fully saturated rings. The lowest BCUT2D eigenvalue weighted by molar-refractivity contribution is -0.153. The third kappa shape index (κ3) is 3.45. The standard InChI is InChI=1S/C18H24N4O3/c1-3-12(2)15-17(24)22-10-9-21(11-14(22)16(23)20-15)18(25)19-13-7-5-4-6-8-13/h4-8,12,14-15H,3,9-11H2,1-2H3,(H,19,25)(H,20,23)/t12-,14+,15-/m0/s1. The second-order valence-corrected chi connectivity index (χ2v) is 6.66. The van der Waals surface area contributed by atoms with Gasteiger partial charge in [0.05, 0.1) is 6.54 Å². The Morgan fingerprint density at radius 3 is 2.68 bits per heavy atom.